The van der Waals surface area contributed by atoms with Crippen LogP contribution in [0.5, 0.6) is 0 Å². The van der Waals surface area contributed by atoms with Crippen molar-refractivity contribution in [2.75, 3.05) is 5.32 Å². The molecule has 2 heterocycles. The van der Waals surface area contributed by atoms with Gasteiger partial charge in [0.2, 0.25) is 17.6 Å². The Balaban J connectivity index is 1.33. The van der Waals surface area contributed by atoms with Gasteiger partial charge < -0.3 is 9.84 Å². The number of rotatable bonds is 6. The second-order valence-corrected chi connectivity index (χ2v) is 7.19. The van der Waals surface area contributed by atoms with Gasteiger partial charge in [0.1, 0.15) is 0 Å². The van der Waals surface area contributed by atoms with Gasteiger partial charge in [-0.05, 0) is 6.92 Å². The van der Waals surface area contributed by atoms with Crippen LogP contribution in [0.1, 0.15) is 17.9 Å². The van der Waals surface area contributed by atoms with Crippen LogP contribution in [0.25, 0.3) is 22.6 Å². The van der Waals surface area contributed by atoms with Crippen LogP contribution >= 0.6 is 11.3 Å². The van der Waals surface area contributed by atoms with Crippen LogP contribution in [0, 0.1) is 6.92 Å². The van der Waals surface area contributed by atoms with E-state index in [-0.39, 0.29) is 12.3 Å². The zero-order valence-electron chi connectivity index (χ0n) is 15.3. The van der Waals surface area contributed by atoms with Crippen LogP contribution in [-0.2, 0) is 11.2 Å². The number of anilines is 1. The molecule has 0 fully saturated rings. The van der Waals surface area contributed by atoms with Gasteiger partial charge in [0, 0.05) is 29.3 Å². The highest BCUT2D eigenvalue weighted by Gasteiger charge is 2.12. The summed E-state index contributed by atoms with van der Waals surface area (Å²) in [6.45, 7) is 2.04. The Morgan fingerprint density at radius 2 is 1.82 bits per heavy atom. The van der Waals surface area contributed by atoms with Crippen molar-refractivity contribution in [2.24, 2.45) is 0 Å². The molecule has 6 nitrogen and oxygen atoms in total. The lowest BCUT2D eigenvalue weighted by atomic mass is 10.1. The normalized spacial score (nSPS) is 10.8. The lowest BCUT2D eigenvalue weighted by molar-refractivity contribution is -0.116. The molecule has 0 spiro atoms. The molecule has 0 radical (unpaired) electrons. The van der Waals surface area contributed by atoms with E-state index in [0.717, 1.165) is 16.8 Å². The highest BCUT2D eigenvalue weighted by atomic mass is 32.1. The molecule has 0 atom stereocenters. The first-order chi connectivity index (χ1) is 13.7. The van der Waals surface area contributed by atoms with Crippen molar-refractivity contribution >= 4 is 22.4 Å². The van der Waals surface area contributed by atoms with E-state index in [9.17, 15) is 4.79 Å². The second-order valence-electron chi connectivity index (χ2n) is 6.33. The quantitative estimate of drug-likeness (QED) is 0.514. The van der Waals surface area contributed by atoms with E-state index in [0.29, 0.717) is 23.3 Å². The van der Waals surface area contributed by atoms with Crippen molar-refractivity contribution in [3.63, 3.8) is 0 Å². The lowest BCUT2D eigenvalue weighted by Gasteiger charge is -2.00. The molecule has 4 rings (SSSR count). The van der Waals surface area contributed by atoms with Crippen LogP contribution in [-0.4, -0.2) is 21.0 Å². The molecular weight excluding hydrogens is 372 g/mol. The number of hydrogen-bond donors (Lipinski definition) is 1. The van der Waals surface area contributed by atoms with Crippen molar-refractivity contribution in [1.29, 1.82) is 0 Å². The van der Waals surface area contributed by atoms with Gasteiger partial charge in [-0.15, -0.1) is 11.3 Å². The van der Waals surface area contributed by atoms with E-state index >= 15 is 0 Å². The molecule has 0 unspecified atom stereocenters. The fourth-order valence-electron chi connectivity index (χ4n) is 2.65. The maximum Gasteiger partial charge on any atom is 0.227 e. The van der Waals surface area contributed by atoms with Gasteiger partial charge in [-0.3, -0.25) is 4.79 Å². The number of carbonyl (C=O) groups is 1. The van der Waals surface area contributed by atoms with E-state index < -0.39 is 0 Å². The van der Waals surface area contributed by atoms with E-state index in [1.807, 2.05) is 66.9 Å². The Morgan fingerprint density at radius 1 is 1.04 bits per heavy atom. The summed E-state index contributed by atoms with van der Waals surface area (Å²) in [6, 6.07) is 17.7. The molecule has 2 aromatic heterocycles. The number of thiazole rings is 1. The van der Waals surface area contributed by atoms with Gasteiger partial charge in [-0.25, -0.2) is 4.98 Å². The summed E-state index contributed by atoms with van der Waals surface area (Å²) in [4.78, 5) is 21.0. The molecule has 0 aliphatic heterocycles. The minimum absolute atomic E-state index is 0.135. The van der Waals surface area contributed by atoms with Gasteiger partial charge in [0.15, 0.2) is 5.13 Å². The number of nitrogens with zero attached hydrogens (tertiary/aromatic N) is 3. The van der Waals surface area contributed by atoms with E-state index in [2.05, 4.69) is 20.4 Å². The number of carbonyl (C=O) groups excluding carboxylic acids is 1. The van der Waals surface area contributed by atoms with Gasteiger partial charge in [-0.1, -0.05) is 65.3 Å². The third kappa shape index (κ3) is 4.32. The van der Waals surface area contributed by atoms with Gasteiger partial charge >= 0.3 is 0 Å². The maximum absolute atomic E-state index is 12.2. The van der Waals surface area contributed by atoms with Crippen molar-refractivity contribution in [3.8, 4) is 22.6 Å². The second kappa shape index (κ2) is 8.14. The van der Waals surface area contributed by atoms with Crippen LogP contribution in [0.3, 0.4) is 0 Å². The number of benzene rings is 2. The zero-order chi connectivity index (χ0) is 19.3. The average Bonchev–Trinajstić information content (AvgIpc) is 3.37. The summed E-state index contributed by atoms with van der Waals surface area (Å²) in [6.07, 6.45) is 0.623. The highest BCUT2D eigenvalue weighted by molar-refractivity contribution is 7.14. The molecule has 7 heteroatoms. The summed E-state index contributed by atoms with van der Waals surface area (Å²) in [7, 11) is 0. The first-order valence-electron chi connectivity index (χ1n) is 8.88. The summed E-state index contributed by atoms with van der Waals surface area (Å²) < 4.78 is 5.24. The molecule has 0 saturated heterocycles. The Labute approximate surface area is 166 Å². The van der Waals surface area contributed by atoms with Crippen molar-refractivity contribution in [3.05, 3.63) is 71.4 Å². The number of nitrogens with one attached hydrogen (secondary N) is 1. The summed E-state index contributed by atoms with van der Waals surface area (Å²) in [5.41, 5.74) is 3.96. The summed E-state index contributed by atoms with van der Waals surface area (Å²) in [5.74, 6) is 0.830. The lowest BCUT2D eigenvalue weighted by Crippen LogP contribution is -2.12. The molecule has 0 aliphatic rings. The van der Waals surface area contributed by atoms with Crippen LogP contribution < -0.4 is 5.32 Å². The molecule has 0 saturated carbocycles. The van der Waals surface area contributed by atoms with Crippen molar-refractivity contribution in [1.82, 2.24) is 15.1 Å². The highest BCUT2D eigenvalue weighted by Crippen LogP contribution is 2.25. The average molecular weight is 390 g/mol. The third-order valence-electron chi connectivity index (χ3n) is 4.16. The van der Waals surface area contributed by atoms with Crippen LogP contribution in [0.4, 0.5) is 5.13 Å². The summed E-state index contributed by atoms with van der Waals surface area (Å²) in [5, 5.41) is 9.31. The molecule has 2 aromatic carbocycles. The zero-order valence-corrected chi connectivity index (χ0v) is 16.1. The Hall–Kier alpha value is -3.32. The predicted octanol–water partition coefficient (Wildman–Crippen LogP) is 4.74. The van der Waals surface area contributed by atoms with Crippen molar-refractivity contribution < 1.29 is 9.32 Å². The van der Waals surface area contributed by atoms with Crippen molar-refractivity contribution in [2.45, 2.75) is 19.8 Å². The number of hydrogen-bond acceptors (Lipinski definition) is 6. The number of aryl methyl sites for hydroxylation is 2. The summed E-state index contributed by atoms with van der Waals surface area (Å²) >= 11 is 1.41. The van der Waals surface area contributed by atoms with Gasteiger partial charge in [0.05, 0.1) is 5.69 Å². The Kier molecular flexibility index (Phi) is 5.25. The van der Waals surface area contributed by atoms with Crippen LogP contribution in [0.2, 0.25) is 0 Å². The minimum Gasteiger partial charge on any atom is -0.339 e. The van der Waals surface area contributed by atoms with E-state index in [1.54, 1.807) is 0 Å². The van der Waals surface area contributed by atoms with Gasteiger partial charge in [0.25, 0.3) is 0 Å². The standard InChI is InChI=1S/C21H18N4O2S/c1-14-7-9-15(10-8-14)17-13-28-21(22-17)23-18(26)11-12-19-24-20(25-27-19)16-5-3-2-4-6-16/h2-10,13H,11-12H2,1H3,(H,22,23,26). The fraction of sp³-hybridized carbons (Fsp3) is 0.143. The molecular formula is C21H18N4O2S. The SMILES string of the molecule is Cc1ccc(-c2csc(NC(=O)CCc3nc(-c4ccccc4)no3)n2)cc1. The first-order valence-corrected chi connectivity index (χ1v) is 9.76. The van der Waals surface area contributed by atoms with E-state index in [4.69, 9.17) is 4.52 Å². The fourth-order valence-corrected chi connectivity index (χ4v) is 3.39. The maximum atomic E-state index is 12.2. The number of amides is 1. The molecule has 140 valence electrons. The smallest absolute Gasteiger partial charge is 0.227 e. The molecule has 28 heavy (non-hydrogen) atoms. The third-order valence-corrected chi connectivity index (χ3v) is 4.92. The number of aromatic nitrogens is 3. The minimum atomic E-state index is -0.135. The largest absolute Gasteiger partial charge is 0.339 e. The Bertz CT molecular complexity index is 1070. The molecule has 4 aromatic rings. The molecule has 0 aliphatic carbocycles. The van der Waals surface area contributed by atoms with Crippen LogP contribution in [0.15, 0.2) is 64.5 Å². The van der Waals surface area contributed by atoms with E-state index in [1.165, 1.54) is 16.9 Å². The van der Waals surface area contributed by atoms with Gasteiger partial charge in [-0.2, -0.15) is 4.98 Å². The predicted molar refractivity (Wildman–Crippen MR) is 109 cm³/mol. The Morgan fingerprint density at radius 3 is 2.61 bits per heavy atom. The first kappa shape index (κ1) is 18.1. The molecule has 1 N–H and O–H groups in total. The topological polar surface area (TPSA) is 80.9 Å². The molecule has 1 amide bonds. The monoisotopic (exact) mass is 390 g/mol. The molecule has 0 bridgehead atoms.